The van der Waals surface area contributed by atoms with Gasteiger partial charge in [0.1, 0.15) is 0 Å². The average Bonchev–Trinajstić information content (AvgIpc) is 2.06. The number of hydrogen-bond acceptors (Lipinski definition) is 2. The standard InChI is InChI=1S/C7H4F5IN2/c8-6(9)2-1-15-5(7(10,11)12)4(14)3(2)13/h1,6H,14H2. The van der Waals surface area contributed by atoms with Crippen LogP contribution in [0.15, 0.2) is 6.20 Å². The normalized spacial score (nSPS) is 12.2. The van der Waals surface area contributed by atoms with Gasteiger partial charge in [-0.3, -0.25) is 0 Å². The minimum atomic E-state index is -4.73. The molecule has 0 bridgehead atoms. The Bertz CT molecular complexity index is 376. The number of aromatic nitrogens is 1. The molecule has 1 heterocycles. The third kappa shape index (κ3) is 2.47. The van der Waals surface area contributed by atoms with Gasteiger partial charge in [-0.25, -0.2) is 13.8 Å². The van der Waals surface area contributed by atoms with Crippen molar-refractivity contribution in [2.45, 2.75) is 12.6 Å². The number of alkyl halides is 5. The molecular weight excluding hydrogens is 334 g/mol. The molecule has 0 atom stereocenters. The largest absolute Gasteiger partial charge is 0.435 e. The minimum Gasteiger partial charge on any atom is -0.396 e. The Balaban J connectivity index is 3.34. The lowest BCUT2D eigenvalue weighted by Gasteiger charge is -2.12. The second-order valence-electron chi connectivity index (χ2n) is 2.59. The van der Waals surface area contributed by atoms with Gasteiger partial charge in [-0.1, -0.05) is 0 Å². The van der Waals surface area contributed by atoms with E-state index in [2.05, 4.69) is 4.98 Å². The Morgan fingerprint density at radius 3 is 2.27 bits per heavy atom. The Labute approximate surface area is 94.8 Å². The summed E-state index contributed by atoms with van der Waals surface area (Å²) in [6.07, 6.45) is -7.13. The van der Waals surface area contributed by atoms with Crippen molar-refractivity contribution in [3.63, 3.8) is 0 Å². The van der Waals surface area contributed by atoms with Gasteiger partial charge in [0.2, 0.25) is 0 Å². The van der Waals surface area contributed by atoms with Gasteiger partial charge in [-0.15, -0.1) is 0 Å². The van der Waals surface area contributed by atoms with Crippen LogP contribution in [0, 0.1) is 3.57 Å². The van der Waals surface area contributed by atoms with E-state index in [1.54, 1.807) is 0 Å². The quantitative estimate of drug-likeness (QED) is 0.631. The van der Waals surface area contributed by atoms with Crippen molar-refractivity contribution in [3.8, 4) is 0 Å². The summed E-state index contributed by atoms with van der Waals surface area (Å²) in [5.41, 5.74) is 2.39. The SMILES string of the molecule is Nc1c(C(F)(F)F)ncc(C(F)F)c1I. The van der Waals surface area contributed by atoms with Gasteiger partial charge in [-0.05, 0) is 22.6 Å². The van der Waals surface area contributed by atoms with Crippen LogP contribution in [0.2, 0.25) is 0 Å². The van der Waals surface area contributed by atoms with E-state index in [1.165, 1.54) is 22.6 Å². The number of halogens is 6. The van der Waals surface area contributed by atoms with Gasteiger partial charge in [0.05, 0.1) is 11.3 Å². The van der Waals surface area contributed by atoms with Crippen LogP contribution in [-0.2, 0) is 6.18 Å². The molecule has 1 rings (SSSR count). The van der Waals surface area contributed by atoms with E-state index in [0.29, 0.717) is 6.20 Å². The van der Waals surface area contributed by atoms with Gasteiger partial charge in [0.15, 0.2) is 5.69 Å². The third-order valence-corrected chi connectivity index (χ3v) is 2.79. The highest BCUT2D eigenvalue weighted by molar-refractivity contribution is 14.1. The summed E-state index contributed by atoms with van der Waals surface area (Å²) in [6, 6.07) is 0. The van der Waals surface area contributed by atoms with Crippen LogP contribution in [0.3, 0.4) is 0 Å². The summed E-state index contributed by atoms with van der Waals surface area (Å²) in [5.74, 6) is 0. The number of hydrogen-bond donors (Lipinski definition) is 1. The lowest BCUT2D eigenvalue weighted by Crippen LogP contribution is -2.14. The van der Waals surface area contributed by atoms with Crippen molar-refractivity contribution in [3.05, 3.63) is 21.0 Å². The topological polar surface area (TPSA) is 38.9 Å². The van der Waals surface area contributed by atoms with Gasteiger partial charge in [-0.2, -0.15) is 13.2 Å². The van der Waals surface area contributed by atoms with E-state index in [1.807, 2.05) is 0 Å². The predicted octanol–water partition coefficient (Wildman–Crippen LogP) is 3.22. The molecule has 2 nitrogen and oxygen atoms in total. The summed E-state index contributed by atoms with van der Waals surface area (Å²) in [4.78, 5) is 2.90. The van der Waals surface area contributed by atoms with E-state index in [4.69, 9.17) is 5.73 Å². The molecular formula is C7H4F5IN2. The smallest absolute Gasteiger partial charge is 0.396 e. The van der Waals surface area contributed by atoms with E-state index >= 15 is 0 Å². The molecule has 0 aliphatic carbocycles. The summed E-state index contributed by atoms with van der Waals surface area (Å²) in [6.45, 7) is 0. The van der Waals surface area contributed by atoms with Crippen molar-refractivity contribution < 1.29 is 22.0 Å². The zero-order chi connectivity index (χ0) is 11.8. The molecule has 0 amide bonds. The van der Waals surface area contributed by atoms with Crippen LogP contribution >= 0.6 is 22.6 Å². The zero-order valence-corrected chi connectivity index (χ0v) is 9.10. The highest BCUT2D eigenvalue weighted by Gasteiger charge is 2.36. The predicted molar refractivity (Wildman–Crippen MR) is 51.3 cm³/mol. The molecule has 0 saturated heterocycles. The van der Waals surface area contributed by atoms with E-state index < -0.39 is 29.5 Å². The van der Waals surface area contributed by atoms with Crippen molar-refractivity contribution in [2.24, 2.45) is 0 Å². The van der Waals surface area contributed by atoms with E-state index in [0.717, 1.165) is 0 Å². The summed E-state index contributed by atoms with van der Waals surface area (Å²) >= 11 is 1.34. The van der Waals surface area contributed by atoms with E-state index in [-0.39, 0.29) is 3.57 Å². The van der Waals surface area contributed by atoms with Gasteiger partial charge in [0.25, 0.3) is 6.43 Å². The molecule has 0 aliphatic rings. The number of rotatable bonds is 1. The van der Waals surface area contributed by atoms with Crippen LogP contribution < -0.4 is 5.73 Å². The molecule has 1 aromatic rings. The van der Waals surface area contributed by atoms with E-state index in [9.17, 15) is 22.0 Å². The number of pyridine rings is 1. The van der Waals surface area contributed by atoms with Crippen LogP contribution in [0.4, 0.5) is 27.6 Å². The number of nitrogens with two attached hydrogens (primary N) is 1. The summed E-state index contributed by atoms with van der Waals surface area (Å²) < 4.78 is 60.9. The molecule has 15 heavy (non-hydrogen) atoms. The van der Waals surface area contributed by atoms with Crippen molar-refractivity contribution in [2.75, 3.05) is 5.73 Å². The number of nitrogen functional groups attached to an aromatic ring is 1. The Morgan fingerprint density at radius 1 is 1.33 bits per heavy atom. The first kappa shape index (κ1) is 12.4. The van der Waals surface area contributed by atoms with Crippen LogP contribution in [0.25, 0.3) is 0 Å². The maximum absolute atomic E-state index is 12.3. The monoisotopic (exact) mass is 338 g/mol. The van der Waals surface area contributed by atoms with Crippen molar-refractivity contribution in [1.82, 2.24) is 4.98 Å². The molecule has 84 valence electrons. The molecule has 0 radical (unpaired) electrons. The number of nitrogens with zero attached hydrogens (tertiary/aromatic N) is 1. The summed E-state index contributed by atoms with van der Waals surface area (Å²) in [5, 5.41) is 0. The second-order valence-corrected chi connectivity index (χ2v) is 3.67. The van der Waals surface area contributed by atoms with Crippen LogP contribution in [-0.4, -0.2) is 4.98 Å². The third-order valence-electron chi connectivity index (χ3n) is 1.58. The highest BCUT2D eigenvalue weighted by Crippen LogP contribution is 2.36. The molecule has 0 aromatic carbocycles. The average molecular weight is 338 g/mol. The first-order chi connectivity index (χ1) is 6.75. The maximum Gasteiger partial charge on any atom is 0.435 e. The Hall–Kier alpha value is -0.670. The van der Waals surface area contributed by atoms with Crippen molar-refractivity contribution >= 4 is 28.3 Å². The lowest BCUT2D eigenvalue weighted by atomic mass is 10.2. The van der Waals surface area contributed by atoms with Crippen LogP contribution in [0.1, 0.15) is 17.7 Å². The van der Waals surface area contributed by atoms with Crippen molar-refractivity contribution in [1.29, 1.82) is 0 Å². The first-order valence-electron chi connectivity index (χ1n) is 3.54. The van der Waals surface area contributed by atoms with Gasteiger partial charge < -0.3 is 5.73 Å². The first-order valence-corrected chi connectivity index (χ1v) is 4.62. The Kier molecular flexibility index (Phi) is 3.36. The molecule has 0 spiro atoms. The molecule has 0 fully saturated rings. The molecule has 0 saturated carbocycles. The van der Waals surface area contributed by atoms with Gasteiger partial charge in [0, 0.05) is 9.77 Å². The fourth-order valence-corrected chi connectivity index (χ4v) is 1.53. The molecule has 0 unspecified atom stereocenters. The number of anilines is 1. The fourth-order valence-electron chi connectivity index (χ4n) is 0.898. The molecule has 2 N–H and O–H groups in total. The highest BCUT2D eigenvalue weighted by atomic mass is 127. The molecule has 1 aromatic heterocycles. The summed E-state index contributed by atoms with van der Waals surface area (Å²) in [7, 11) is 0. The lowest BCUT2D eigenvalue weighted by molar-refractivity contribution is -0.140. The van der Waals surface area contributed by atoms with Crippen LogP contribution in [0.5, 0.6) is 0 Å². The second kappa shape index (κ2) is 4.06. The Morgan fingerprint density at radius 2 is 1.87 bits per heavy atom. The minimum absolute atomic E-state index is 0.315. The zero-order valence-electron chi connectivity index (χ0n) is 6.95. The molecule has 0 aliphatic heterocycles. The maximum atomic E-state index is 12.3. The fraction of sp³-hybridized carbons (Fsp3) is 0.286. The van der Waals surface area contributed by atoms with Gasteiger partial charge >= 0.3 is 6.18 Å². The molecule has 8 heteroatoms.